The summed E-state index contributed by atoms with van der Waals surface area (Å²) in [5.41, 5.74) is 3.50. The van der Waals surface area contributed by atoms with Crippen LogP contribution in [0.2, 0.25) is 0 Å². The van der Waals surface area contributed by atoms with Crippen molar-refractivity contribution in [1.82, 2.24) is 14.9 Å². The lowest BCUT2D eigenvalue weighted by Crippen LogP contribution is -2.44. The highest BCUT2D eigenvalue weighted by Crippen LogP contribution is 2.31. The van der Waals surface area contributed by atoms with E-state index in [0.29, 0.717) is 5.69 Å². The summed E-state index contributed by atoms with van der Waals surface area (Å²) in [6.45, 7) is 0. The molecule has 2 heterocycles. The molecule has 0 spiro atoms. The molecule has 1 aliphatic rings. The molecule has 3 N–H and O–H groups in total. The Labute approximate surface area is 174 Å². The third-order valence-corrected chi connectivity index (χ3v) is 5.61. The normalized spacial score (nSPS) is 18.0. The van der Waals surface area contributed by atoms with E-state index in [9.17, 15) is 9.59 Å². The van der Waals surface area contributed by atoms with Gasteiger partial charge < -0.3 is 25.3 Å². The molecular formula is C22H25N5O3. The molecule has 2 aromatic heterocycles. The number of nitrogens with zero attached hydrogens (tertiary/aromatic N) is 2. The average Bonchev–Trinajstić information content (AvgIpc) is 2.74. The van der Waals surface area contributed by atoms with Crippen molar-refractivity contribution in [1.29, 1.82) is 0 Å². The van der Waals surface area contributed by atoms with Gasteiger partial charge >= 0.3 is 0 Å². The van der Waals surface area contributed by atoms with Gasteiger partial charge in [0.15, 0.2) is 0 Å². The fourth-order valence-electron chi connectivity index (χ4n) is 3.70. The predicted molar refractivity (Wildman–Crippen MR) is 118 cm³/mol. The maximum Gasteiger partial charge on any atom is 0.269 e. The second kappa shape index (κ2) is 8.16. The van der Waals surface area contributed by atoms with Crippen LogP contribution in [0.25, 0.3) is 10.9 Å². The van der Waals surface area contributed by atoms with E-state index in [-0.39, 0.29) is 23.6 Å². The Morgan fingerprint density at radius 1 is 1.17 bits per heavy atom. The molecule has 8 nitrogen and oxygen atoms in total. The third kappa shape index (κ3) is 3.73. The molecule has 0 radical (unpaired) electrons. The maximum atomic E-state index is 12.4. The second-order valence-corrected chi connectivity index (χ2v) is 7.42. The number of carbonyl (C=O) groups is 1. The molecule has 0 bridgehead atoms. The number of aromatic nitrogens is 2. The molecule has 156 valence electrons. The van der Waals surface area contributed by atoms with Crippen molar-refractivity contribution in [2.24, 2.45) is 7.05 Å². The van der Waals surface area contributed by atoms with Crippen molar-refractivity contribution in [3.05, 3.63) is 58.6 Å². The standard InChI is InChI=1S/C22H25N5O3/c1-23-22(29)18-11-14(8-9-24-18)25-13-4-6-19-15(10-13)17(12-21(28)27(19)2)26-16-5-7-20(16)30-3/h4,6,8-12,16,20,26H,5,7H2,1-3H3,(H,23,29)(H,24,25)/t16-,20-/m1/s1. The van der Waals surface area contributed by atoms with Gasteiger partial charge in [-0.3, -0.25) is 14.6 Å². The number of ether oxygens (including phenoxy) is 1. The van der Waals surface area contributed by atoms with E-state index in [1.54, 1.807) is 50.2 Å². The molecule has 1 aliphatic carbocycles. The van der Waals surface area contributed by atoms with Gasteiger partial charge in [0.2, 0.25) is 0 Å². The first-order chi connectivity index (χ1) is 14.5. The maximum absolute atomic E-state index is 12.4. The van der Waals surface area contributed by atoms with Crippen LogP contribution in [0.4, 0.5) is 17.1 Å². The van der Waals surface area contributed by atoms with Gasteiger partial charge in [0, 0.05) is 55.9 Å². The van der Waals surface area contributed by atoms with Gasteiger partial charge in [0.05, 0.1) is 17.7 Å². The smallest absolute Gasteiger partial charge is 0.269 e. The first-order valence-corrected chi connectivity index (χ1v) is 9.88. The van der Waals surface area contributed by atoms with Crippen LogP contribution < -0.4 is 21.5 Å². The Morgan fingerprint density at radius 2 is 1.97 bits per heavy atom. The molecule has 0 unspecified atom stereocenters. The number of hydrogen-bond donors (Lipinski definition) is 3. The van der Waals surface area contributed by atoms with Crippen molar-refractivity contribution >= 4 is 33.9 Å². The first-order valence-electron chi connectivity index (χ1n) is 9.88. The van der Waals surface area contributed by atoms with Gasteiger partial charge in [0.1, 0.15) is 5.69 Å². The summed E-state index contributed by atoms with van der Waals surface area (Å²) >= 11 is 0. The van der Waals surface area contributed by atoms with E-state index >= 15 is 0 Å². The largest absolute Gasteiger partial charge is 0.379 e. The van der Waals surface area contributed by atoms with Crippen LogP contribution in [0.5, 0.6) is 0 Å². The van der Waals surface area contributed by atoms with Gasteiger partial charge in [-0.05, 0) is 43.2 Å². The minimum Gasteiger partial charge on any atom is -0.379 e. The van der Waals surface area contributed by atoms with E-state index in [1.165, 1.54) is 0 Å². The van der Waals surface area contributed by atoms with Crippen molar-refractivity contribution in [3.63, 3.8) is 0 Å². The molecule has 0 saturated heterocycles. The fourth-order valence-corrected chi connectivity index (χ4v) is 3.70. The molecule has 0 aliphatic heterocycles. The van der Waals surface area contributed by atoms with Crippen LogP contribution in [0.1, 0.15) is 23.3 Å². The fraction of sp³-hybridized carbons (Fsp3) is 0.318. The summed E-state index contributed by atoms with van der Waals surface area (Å²) in [4.78, 5) is 28.4. The topological polar surface area (TPSA) is 97.3 Å². The highest BCUT2D eigenvalue weighted by Gasteiger charge is 2.31. The molecule has 3 aromatic rings. The number of pyridine rings is 2. The second-order valence-electron chi connectivity index (χ2n) is 7.42. The highest BCUT2D eigenvalue weighted by molar-refractivity contribution is 5.95. The Balaban J connectivity index is 1.69. The molecule has 1 amide bonds. The zero-order valence-electron chi connectivity index (χ0n) is 17.2. The van der Waals surface area contributed by atoms with E-state index < -0.39 is 0 Å². The summed E-state index contributed by atoms with van der Waals surface area (Å²) < 4.78 is 7.12. The van der Waals surface area contributed by atoms with Crippen molar-refractivity contribution in [2.75, 3.05) is 24.8 Å². The third-order valence-electron chi connectivity index (χ3n) is 5.61. The number of methoxy groups -OCH3 is 1. The van der Waals surface area contributed by atoms with Crippen LogP contribution in [0.3, 0.4) is 0 Å². The Bertz CT molecular complexity index is 1160. The number of aryl methyl sites for hydroxylation is 1. The highest BCUT2D eigenvalue weighted by atomic mass is 16.5. The Hall–Kier alpha value is -3.39. The lowest BCUT2D eigenvalue weighted by molar-refractivity contribution is 0.0287. The summed E-state index contributed by atoms with van der Waals surface area (Å²) in [7, 11) is 5.05. The van der Waals surface area contributed by atoms with E-state index in [2.05, 4.69) is 20.9 Å². The molecule has 1 saturated carbocycles. The number of nitrogens with one attached hydrogen (secondary N) is 3. The average molecular weight is 407 g/mol. The van der Waals surface area contributed by atoms with Crippen molar-refractivity contribution in [3.8, 4) is 0 Å². The molecule has 1 fully saturated rings. The number of benzene rings is 1. The number of anilines is 3. The van der Waals surface area contributed by atoms with Gasteiger partial charge in [-0.25, -0.2) is 0 Å². The minimum atomic E-state index is -0.244. The summed E-state index contributed by atoms with van der Waals surface area (Å²) in [6.07, 6.45) is 3.77. The van der Waals surface area contributed by atoms with Gasteiger partial charge in [0.25, 0.3) is 11.5 Å². The quantitative estimate of drug-likeness (QED) is 0.581. The first kappa shape index (κ1) is 19.9. The van der Waals surface area contributed by atoms with Crippen LogP contribution in [-0.4, -0.2) is 41.8 Å². The number of hydrogen-bond acceptors (Lipinski definition) is 6. The lowest BCUT2D eigenvalue weighted by atomic mass is 9.88. The Morgan fingerprint density at radius 3 is 2.67 bits per heavy atom. The number of rotatable bonds is 6. The Kier molecular flexibility index (Phi) is 5.41. The van der Waals surface area contributed by atoms with Crippen LogP contribution in [0, 0.1) is 0 Å². The molecule has 4 rings (SSSR count). The van der Waals surface area contributed by atoms with Crippen molar-refractivity contribution < 1.29 is 9.53 Å². The van der Waals surface area contributed by atoms with Gasteiger partial charge in [-0.2, -0.15) is 0 Å². The van der Waals surface area contributed by atoms with Gasteiger partial charge in [-0.1, -0.05) is 0 Å². The SMILES string of the molecule is CNC(=O)c1cc(Nc2ccc3c(c2)c(N[C@@H]2CC[C@H]2OC)cc(=O)n3C)ccn1. The van der Waals surface area contributed by atoms with E-state index in [4.69, 9.17) is 4.74 Å². The van der Waals surface area contributed by atoms with Crippen LogP contribution in [0.15, 0.2) is 47.4 Å². The zero-order chi connectivity index (χ0) is 21.3. The minimum absolute atomic E-state index is 0.0663. The summed E-state index contributed by atoms with van der Waals surface area (Å²) in [5.74, 6) is -0.244. The number of amides is 1. The van der Waals surface area contributed by atoms with Crippen molar-refractivity contribution in [2.45, 2.75) is 25.0 Å². The van der Waals surface area contributed by atoms with E-state index in [1.807, 2.05) is 18.2 Å². The number of carbonyl (C=O) groups excluding carboxylic acids is 1. The van der Waals surface area contributed by atoms with E-state index in [0.717, 1.165) is 40.8 Å². The molecular weight excluding hydrogens is 382 g/mol. The zero-order valence-corrected chi connectivity index (χ0v) is 17.2. The van der Waals surface area contributed by atoms with Crippen LogP contribution >= 0.6 is 0 Å². The van der Waals surface area contributed by atoms with Gasteiger partial charge in [-0.15, -0.1) is 0 Å². The molecule has 2 atom stereocenters. The van der Waals surface area contributed by atoms with Crippen LogP contribution in [-0.2, 0) is 11.8 Å². The summed E-state index contributed by atoms with van der Waals surface area (Å²) in [6, 6.07) is 11.1. The monoisotopic (exact) mass is 407 g/mol. The molecule has 8 heteroatoms. The number of fused-ring (bicyclic) bond motifs is 1. The predicted octanol–water partition coefficient (Wildman–Crippen LogP) is 2.63. The lowest BCUT2D eigenvalue weighted by Gasteiger charge is -2.36. The summed E-state index contributed by atoms with van der Waals surface area (Å²) in [5, 5.41) is 10.3. The molecule has 1 aromatic carbocycles. The molecule has 30 heavy (non-hydrogen) atoms.